The fraction of sp³-hybridized carbons (Fsp3) is 0.538. The molecule has 0 aliphatic carbocycles. The Morgan fingerprint density at radius 3 is 2.56 bits per heavy atom. The molecule has 0 fully saturated rings. The molecule has 1 rings (SSSR count). The van der Waals surface area contributed by atoms with Gasteiger partial charge >= 0.3 is 0 Å². The first kappa shape index (κ1) is 13.0. The Morgan fingerprint density at radius 2 is 2.06 bits per heavy atom. The number of aryl methyl sites for hydroxylation is 1. The molecule has 16 heavy (non-hydrogen) atoms. The van der Waals surface area contributed by atoms with Crippen molar-refractivity contribution in [3.63, 3.8) is 0 Å². The Hall–Kier alpha value is -1.06. The molecule has 0 radical (unpaired) electrons. The van der Waals surface area contributed by atoms with E-state index in [0.717, 1.165) is 16.9 Å². The van der Waals surface area contributed by atoms with Gasteiger partial charge in [-0.15, -0.1) is 0 Å². The van der Waals surface area contributed by atoms with Gasteiger partial charge in [0.15, 0.2) is 0 Å². The molecular weight excluding hydrogens is 202 g/mol. The van der Waals surface area contributed by atoms with Crippen molar-refractivity contribution in [2.75, 3.05) is 6.61 Å². The van der Waals surface area contributed by atoms with Crippen LogP contribution >= 0.6 is 0 Å². The number of benzene rings is 1. The Morgan fingerprint density at radius 1 is 1.44 bits per heavy atom. The van der Waals surface area contributed by atoms with Crippen LogP contribution in [-0.4, -0.2) is 17.3 Å². The van der Waals surface area contributed by atoms with Gasteiger partial charge in [0.25, 0.3) is 0 Å². The fourth-order valence-corrected chi connectivity index (χ4v) is 1.41. The highest BCUT2D eigenvalue weighted by Crippen LogP contribution is 2.25. The average Bonchev–Trinajstić information content (AvgIpc) is 2.14. The summed E-state index contributed by atoms with van der Waals surface area (Å²) in [6.45, 7) is 7.63. The van der Waals surface area contributed by atoms with E-state index in [2.05, 4.69) is 0 Å². The third-order valence-electron chi connectivity index (χ3n) is 2.24. The second-order valence-corrected chi connectivity index (χ2v) is 4.93. The number of hydrogen-bond donors (Lipinski definition) is 2. The van der Waals surface area contributed by atoms with Gasteiger partial charge in [0, 0.05) is 11.6 Å². The summed E-state index contributed by atoms with van der Waals surface area (Å²) in [6.07, 6.45) is 0. The van der Waals surface area contributed by atoms with Crippen LogP contribution in [0.25, 0.3) is 0 Å². The molecule has 0 aliphatic rings. The highest BCUT2D eigenvalue weighted by Gasteiger charge is 2.15. The van der Waals surface area contributed by atoms with Crippen molar-refractivity contribution in [2.24, 2.45) is 5.73 Å². The monoisotopic (exact) mass is 223 g/mol. The smallest absolute Gasteiger partial charge is 0.124 e. The summed E-state index contributed by atoms with van der Waals surface area (Å²) >= 11 is 0. The predicted molar refractivity (Wildman–Crippen MR) is 65.6 cm³/mol. The zero-order chi connectivity index (χ0) is 12.3. The van der Waals surface area contributed by atoms with Crippen LogP contribution in [0, 0.1) is 6.92 Å². The van der Waals surface area contributed by atoms with Crippen LogP contribution < -0.4 is 10.5 Å². The van der Waals surface area contributed by atoms with E-state index < -0.39 is 5.60 Å². The lowest BCUT2D eigenvalue weighted by Gasteiger charge is -2.20. The molecule has 0 amide bonds. The summed E-state index contributed by atoms with van der Waals surface area (Å²) in [7, 11) is 0. The van der Waals surface area contributed by atoms with Gasteiger partial charge in [0.1, 0.15) is 12.4 Å². The molecule has 3 N–H and O–H groups in total. The summed E-state index contributed by atoms with van der Waals surface area (Å²) < 4.78 is 5.59. The summed E-state index contributed by atoms with van der Waals surface area (Å²) in [5, 5.41) is 9.61. The van der Waals surface area contributed by atoms with Crippen molar-refractivity contribution in [1.29, 1.82) is 0 Å². The fourth-order valence-electron chi connectivity index (χ4n) is 1.41. The Labute approximate surface area is 97.2 Å². The van der Waals surface area contributed by atoms with E-state index in [9.17, 15) is 5.11 Å². The Kier molecular flexibility index (Phi) is 3.94. The number of ether oxygens (including phenoxy) is 1. The first-order valence-corrected chi connectivity index (χ1v) is 5.51. The number of nitrogens with two attached hydrogens (primary N) is 1. The zero-order valence-corrected chi connectivity index (χ0v) is 10.4. The van der Waals surface area contributed by atoms with Gasteiger partial charge in [0.05, 0.1) is 5.60 Å². The third kappa shape index (κ3) is 3.83. The first-order chi connectivity index (χ1) is 7.29. The van der Waals surface area contributed by atoms with E-state index in [1.165, 1.54) is 0 Å². The van der Waals surface area contributed by atoms with E-state index in [-0.39, 0.29) is 12.6 Å². The largest absolute Gasteiger partial charge is 0.490 e. The van der Waals surface area contributed by atoms with Crippen LogP contribution in [-0.2, 0) is 0 Å². The summed E-state index contributed by atoms with van der Waals surface area (Å²) in [5.41, 5.74) is 7.18. The van der Waals surface area contributed by atoms with Crippen molar-refractivity contribution < 1.29 is 9.84 Å². The molecule has 1 aromatic carbocycles. The molecule has 3 nitrogen and oxygen atoms in total. The minimum absolute atomic E-state index is 0.0725. The van der Waals surface area contributed by atoms with E-state index in [0.29, 0.717) is 0 Å². The standard InChI is InChI=1S/C13H21NO2/c1-9-5-6-12(11(7-9)10(2)14)16-8-13(3,4)15/h5-7,10,15H,8,14H2,1-4H3. The molecule has 1 atom stereocenters. The molecule has 0 saturated heterocycles. The minimum Gasteiger partial charge on any atom is -0.490 e. The maximum atomic E-state index is 9.61. The number of aliphatic hydroxyl groups is 1. The van der Waals surface area contributed by atoms with E-state index in [4.69, 9.17) is 10.5 Å². The van der Waals surface area contributed by atoms with Gasteiger partial charge in [0.2, 0.25) is 0 Å². The van der Waals surface area contributed by atoms with Crippen LogP contribution in [0.15, 0.2) is 18.2 Å². The lowest BCUT2D eigenvalue weighted by atomic mass is 10.0. The molecule has 90 valence electrons. The quantitative estimate of drug-likeness (QED) is 0.822. The SMILES string of the molecule is Cc1ccc(OCC(C)(C)O)c(C(C)N)c1. The molecule has 0 aromatic heterocycles. The second kappa shape index (κ2) is 4.85. The van der Waals surface area contributed by atoms with Crippen LogP contribution in [0.4, 0.5) is 0 Å². The van der Waals surface area contributed by atoms with Gasteiger partial charge in [-0.25, -0.2) is 0 Å². The first-order valence-electron chi connectivity index (χ1n) is 5.51. The molecule has 1 unspecified atom stereocenters. The van der Waals surface area contributed by atoms with Gasteiger partial charge in [-0.2, -0.15) is 0 Å². The molecule has 0 aliphatic heterocycles. The van der Waals surface area contributed by atoms with Gasteiger partial charge < -0.3 is 15.6 Å². The topological polar surface area (TPSA) is 55.5 Å². The minimum atomic E-state index is -0.833. The Bertz CT molecular complexity index is 353. The van der Waals surface area contributed by atoms with E-state index in [1.54, 1.807) is 13.8 Å². The lowest BCUT2D eigenvalue weighted by molar-refractivity contribution is 0.0280. The second-order valence-electron chi connectivity index (χ2n) is 4.93. The van der Waals surface area contributed by atoms with Gasteiger partial charge in [-0.05, 0) is 33.8 Å². The van der Waals surface area contributed by atoms with Crippen molar-refractivity contribution in [2.45, 2.75) is 39.3 Å². The average molecular weight is 223 g/mol. The number of hydrogen-bond acceptors (Lipinski definition) is 3. The van der Waals surface area contributed by atoms with Crippen molar-refractivity contribution in [3.8, 4) is 5.75 Å². The van der Waals surface area contributed by atoms with Gasteiger partial charge in [-0.3, -0.25) is 0 Å². The maximum Gasteiger partial charge on any atom is 0.124 e. The third-order valence-corrected chi connectivity index (χ3v) is 2.24. The molecular formula is C13H21NO2. The summed E-state index contributed by atoms with van der Waals surface area (Å²) in [5.74, 6) is 0.753. The van der Waals surface area contributed by atoms with Gasteiger partial charge in [-0.1, -0.05) is 17.7 Å². The number of rotatable bonds is 4. The molecule has 3 heteroatoms. The van der Waals surface area contributed by atoms with Crippen molar-refractivity contribution in [3.05, 3.63) is 29.3 Å². The normalized spacial score (nSPS) is 13.6. The van der Waals surface area contributed by atoms with E-state index in [1.807, 2.05) is 32.0 Å². The maximum absolute atomic E-state index is 9.61. The highest BCUT2D eigenvalue weighted by atomic mass is 16.5. The van der Waals surface area contributed by atoms with E-state index >= 15 is 0 Å². The zero-order valence-electron chi connectivity index (χ0n) is 10.4. The van der Waals surface area contributed by atoms with Crippen LogP contribution in [0.1, 0.15) is 37.9 Å². The van der Waals surface area contributed by atoms with Crippen LogP contribution in [0.2, 0.25) is 0 Å². The predicted octanol–water partition coefficient (Wildman–Crippen LogP) is 2.16. The highest BCUT2D eigenvalue weighted by molar-refractivity contribution is 5.38. The van der Waals surface area contributed by atoms with Crippen LogP contribution in [0.5, 0.6) is 5.75 Å². The molecule has 0 heterocycles. The molecule has 0 spiro atoms. The van der Waals surface area contributed by atoms with Crippen molar-refractivity contribution >= 4 is 0 Å². The molecule has 0 bridgehead atoms. The van der Waals surface area contributed by atoms with Crippen molar-refractivity contribution in [1.82, 2.24) is 0 Å². The lowest BCUT2D eigenvalue weighted by Crippen LogP contribution is -2.28. The molecule has 1 aromatic rings. The Balaban J connectivity index is 2.87. The van der Waals surface area contributed by atoms with Crippen LogP contribution in [0.3, 0.4) is 0 Å². The molecule has 0 saturated carbocycles. The summed E-state index contributed by atoms with van der Waals surface area (Å²) in [4.78, 5) is 0. The summed E-state index contributed by atoms with van der Waals surface area (Å²) in [6, 6.07) is 5.83.